The molecule has 0 bridgehead atoms. The summed E-state index contributed by atoms with van der Waals surface area (Å²) in [6.07, 6.45) is 9.20. The van der Waals surface area contributed by atoms with Gasteiger partial charge in [-0.15, -0.1) is 0 Å². The summed E-state index contributed by atoms with van der Waals surface area (Å²) in [5.74, 6) is 1.32. The van der Waals surface area contributed by atoms with E-state index in [0.29, 0.717) is 5.92 Å². The molecule has 0 heterocycles. The molecule has 0 N–H and O–H groups in total. The zero-order valence-corrected chi connectivity index (χ0v) is 10.00. The van der Waals surface area contributed by atoms with Gasteiger partial charge in [-0.1, -0.05) is 33.3 Å². The molecule has 1 saturated carbocycles. The van der Waals surface area contributed by atoms with Gasteiger partial charge in [-0.2, -0.15) is 0 Å². The monoisotopic (exact) mass is 206 g/mol. The Kier molecular flexibility index (Phi) is 5.30. The molecule has 84 valence electrons. The fourth-order valence-corrected chi connectivity index (χ4v) is 1.81. The summed E-state index contributed by atoms with van der Waals surface area (Å²) in [6.45, 7) is 7.89. The second-order valence-corrected chi connectivity index (χ2v) is 4.42. The standard InChI is InChI=1S/C13H22N2/c1-4-14-13(11(2)3)15-12-9-7-5-6-8-10-12/h4,11H,1,5-10H2,2-3H3/b14-13-. The summed E-state index contributed by atoms with van der Waals surface area (Å²) in [7, 11) is 0. The van der Waals surface area contributed by atoms with Crippen LogP contribution in [0.2, 0.25) is 0 Å². The van der Waals surface area contributed by atoms with Crippen molar-refractivity contribution in [3.8, 4) is 0 Å². The number of aliphatic imine (C=N–C) groups is 2. The molecule has 1 aliphatic carbocycles. The zero-order chi connectivity index (χ0) is 11.1. The van der Waals surface area contributed by atoms with Crippen LogP contribution in [-0.2, 0) is 0 Å². The summed E-state index contributed by atoms with van der Waals surface area (Å²) in [6, 6.07) is 0. The average molecular weight is 206 g/mol. The van der Waals surface area contributed by atoms with E-state index in [2.05, 4.69) is 30.4 Å². The maximum atomic E-state index is 4.68. The van der Waals surface area contributed by atoms with Gasteiger partial charge in [0.25, 0.3) is 0 Å². The molecule has 1 fully saturated rings. The molecule has 0 atom stereocenters. The van der Waals surface area contributed by atoms with Gasteiger partial charge < -0.3 is 0 Å². The quantitative estimate of drug-likeness (QED) is 0.371. The largest absolute Gasteiger partial charge is 0.242 e. The van der Waals surface area contributed by atoms with Crippen LogP contribution in [-0.4, -0.2) is 11.5 Å². The van der Waals surface area contributed by atoms with Gasteiger partial charge >= 0.3 is 0 Å². The first-order chi connectivity index (χ1) is 7.24. The molecule has 0 radical (unpaired) electrons. The molecule has 0 saturated heterocycles. The van der Waals surface area contributed by atoms with Crippen LogP contribution >= 0.6 is 0 Å². The Morgan fingerprint density at radius 3 is 2.27 bits per heavy atom. The summed E-state index contributed by atoms with van der Waals surface area (Å²) in [4.78, 5) is 8.92. The van der Waals surface area contributed by atoms with Gasteiger partial charge in [0.15, 0.2) is 0 Å². The van der Waals surface area contributed by atoms with Crippen LogP contribution in [0.1, 0.15) is 52.4 Å². The maximum Gasteiger partial charge on any atom is 0.130 e. The lowest BCUT2D eigenvalue weighted by atomic mass is 10.1. The summed E-state index contributed by atoms with van der Waals surface area (Å²) in [5.41, 5.74) is 1.34. The van der Waals surface area contributed by atoms with E-state index in [0.717, 1.165) is 18.7 Å². The highest BCUT2D eigenvalue weighted by atomic mass is 14.9. The van der Waals surface area contributed by atoms with E-state index in [1.54, 1.807) is 6.20 Å². The Bertz CT molecular complexity index is 252. The van der Waals surface area contributed by atoms with Crippen LogP contribution in [0.3, 0.4) is 0 Å². The second kappa shape index (κ2) is 6.54. The molecular weight excluding hydrogens is 184 g/mol. The first-order valence-corrected chi connectivity index (χ1v) is 5.99. The number of nitrogens with zero attached hydrogens (tertiary/aromatic N) is 2. The predicted molar refractivity (Wildman–Crippen MR) is 67.6 cm³/mol. The maximum absolute atomic E-state index is 4.68. The van der Waals surface area contributed by atoms with Gasteiger partial charge in [0.2, 0.25) is 0 Å². The van der Waals surface area contributed by atoms with Gasteiger partial charge in [0.1, 0.15) is 5.84 Å². The Hall–Kier alpha value is -0.920. The van der Waals surface area contributed by atoms with Crippen LogP contribution in [0, 0.1) is 5.92 Å². The number of hydrogen-bond donors (Lipinski definition) is 0. The zero-order valence-electron chi connectivity index (χ0n) is 10.00. The molecule has 1 aliphatic rings. The van der Waals surface area contributed by atoms with E-state index in [1.807, 2.05) is 0 Å². The van der Waals surface area contributed by atoms with Crippen molar-refractivity contribution < 1.29 is 0 Å². The minimum Gasteiger partial charge on any atom is -0.242 e. The van der Waals surface area contributed by atoms with Gasteiger partial charge in [-0.05, 0) is 25.7 Å². The SMILES string of the molecule is C=C/N=C(\N=C1CCCCCC1)C(C)C. The molecule has 2 heteroatoms. The smallest absolute Gasteiger partial charge is 0.130 e. The molecule has 15 heavy (non-hydrogen) atoms. The van der Waals surface area contributed by atoms with Gasteiger partial charge in [0.05, 0.1) is 0 Å². The molecule has 2 nitrogen and oxygen atoms in total. The van der Waals surface area contributed by atoms with Gasteiger partial charge in [0, 0.05) is 17.8 Å². The summed E-state index contributed by atoms with van der Waals surface area (Å²) < 4.78 is 0. The Morgan fingerprint density at radius 1 is 1.20 bits per heavy atom. The average Bonchev–Trinajstić information content (AvgIpc) is 2.45. The summed E-state index contributed by atoms with van der Waals surface area (Å²) >= 11 is 0. The molecule has 0 aromatic carbocycles. The molecule has 0 amide bonds. The fourth-order valence-electron chi connectivity index (χ4n) is 1.81. The normalized spacial score (nSPS) is 18.9. The Balaban J connectivity index is 2.72. The molecule has 1 rings (SSSR count). The molecule has 0 aliphatic heterocycles. The third-order valence-corrected chi connectivity index (χ3v) is 2.69. The van der Waals surface area contributed by atoms with Crippen molar-refractivity contribution in [3.63, 3.8) is 0 Å². The highest BCUT2D eigenvalue weighted by Crippen LogP contribution is 2.16. The minimum absolute atomic E-state index is 0.388. The molecule has 0 aromatic rings. The highest BCUT2D eigenvalue weighted by molar-refractivity contribution is 5.99. The van der Waals surface area contributed by atoms with Crippen LogP contribution in [0.4, 0.5) is 0 Å². The molecule has 0 unspecified atom stereocenters. The summed E-state index contributed by atoms with van der Waals surface area (Å²) in [5, 5.41) is 0. The van der Waals surface area contributed by atoms with Gasteiger partial charge in [-0.25, -0.2) is 9.98 Å². The van der Waals surface area contributed by atoms with E-state index >= 15 is 0 Å². The van der Waals surface area contributed by atoms with Crippen molar-refractivity contribution in [2.45, 2.75) is 52.4 Å². The van der Waals surface area contributed by atoms with E-state index in [9.17, 15) is 0 Å². The lowest BCUT2D eigenvalue weighted by molar-refractivity contribution is 0.702. The topological polar surface area (TPSA) is 24.7 Å². The number of rotatable bonds is 2. The van der Waals surface area contributed by atoms with Crippen LogP contribution in [0.15, 0.2) is 22.8 Å². The lowest BCUT2D eigenvalue weighted by Crippen LogP contribution is -2.08. The first kappa shape index (κ1) is 12.2. The number of amidine groups is 1. The predicted octanol–water partition coefficient (Wildman–Crippen LogP) is 3.98. The molecule has 0 aromatic heterocycles. The second-order valence-electron chi connectivity index (χ2n) is 4.42. The van der Waals surface area contributed by atoms with E-state index < -0.39 is 0 Å². The fraction of sp³-hybridized carbons (Fsp3) is 0.692. The molecule has 0 spiro atoms. The van der Waals surface area contributed by atoms with Crippen molar-refractivity contribution in [2.75, 3.05) is 0 Å². The van der Waals surface area contributed by atoms with Crippen LogP contribution in [0.5, 0.6) is 0 Å². The van der Waals surface area contributed by atoms with Crippen molar-refractivity contribution in [1.29, 1.82) is 0 Å². The Labute approximate surface area is 93.2 Å². The van der Waals surface area contributed by atoms with Gasteiger partial charge in [-0.3, -0.25) is 0 Å². The van der Waals surface area contributed by atoms with Crippen molar-refractivity contribution in [3.05, 3.63) is 12.8 Å². The first-order valence-electron chi connectivity index (χ1n) is 5.99. The van der Waals surface area contributed by atoms with E-state index in [1.165, 1.54) is 31.4 Å². The van der Waals surface area contributed by atoms with Crippen molar-refractivity contribution in [2.24, 2.45) is 15.9 Å². The highest BCUT2D eigenvalue weighted by Gasteiger charge is 2.08. The van der Waals surface area contributed by atoms with Crippen molar-refractivity contribution >= 4 is 11.5 Å². The van der Waals surface area contributed by atoms with E-state index in [4.69, 9.17) is 0 Å². The van der Waals surface area contributed by atoms with Crippen LogP contribution < -0.4 is 0 Å². The van der Waals surface area contributed by atoms with Crippen molar-refractivity contribution in [1.82, 2.24) is 0 Å². The lowest BCUT2D eigenvalue weighted by Gasteiger charge is -2.07. The Morgan fingerprint density at radius 2 is 1.80 bits per heavy atom. The minimum atomic E-state index is 0.388. The third kappa shape index (κ3) is 4.41. The molecular formula is C13H22N2. The third-order valence-electron chi connectivity index (χ3n) is 2.69. The van der Waals surface area contributed by atoms with Crippen LogP contribution in [0.25, 0.3) is 0 Å². The van der Waals surface area contributed by atoms with E-state index in [-0.39, 0.29) is 0 Å². The number of hydrogen-bond acceptors (Lipinski definition) is 1.